The lowest BCUT2D eigenvalue weighted by atomic mass is 9.93. The third-order valence-electron chi connectivity index (χ3n) is 6.14. The van der Waals surface area contributed by atoms with E-state index in [1.54, 1.807) is 18.3 Å². The van der Waals surface area contributed by atoms with Crippen molar-refractivity contribution in [3.63, 3.8) is 0 Å². The van der Waals surface area contributed by atoms with Crippen LogP contribution >= 0.6 is 0 Å². The fourth-order valence-corrected chi connectivity index (χ4v) is 4.70. The minimum Gasteiger partial charge on any atom is -0.292 e. The second-order valence-corrected chi connectivity index (χ2v) is 7.87. The van der Waals surface area contributed by atoms with Crippen LogP contribution in [0.4, 0.5) is 0 Å². The lowest BCUT2D eigenvalue weighted by molar-refractivity contribution is 0.0480. The van der Waals surface area contributed by atoms with Gasteiger partial charge >= 0.3 is 0 Å². The Morgan fingerprint density at radius 1 is 0.767 bits per heavy atom. The van der Waals surface area contributed by atoms with Gasteiger partial charge in [-0.25, -0.2) is 0 Å². The van der Waals surface area contributed by atoms with Crippen molar-refractivity contribution in [2.24, 2.45) is 0 Å². The smallest absolute Gasteiger partial charge is 0.280 e. The summed E-state index contributed by atoms with van der Waals surface area (Å²) in [6.45, 7) is 1.64. The summed E-state index contributed by atoms with van der Waals surface area (Å²) >= 11 is 0. The lowest BCUT2D eigenvalue weighted by Crippen LogP contribution is -2.48. The summed E-state index contributed by atoms with van der Waals surface area (Å²) in [5, 5.41) is 0. The van der Waals surface area contributed by atoms with E-state index in [9.17, 15) is 9.59 Å². The summed E-state index contributed by atoms with van der Waals surface area (Å²) in [7, 11) is 0. The molecule has 0 unspecified atom stereocenters. The van der Waals surface area contributed by atoms with E-state index in [-0.39, 0.29) is 29.6 Å². The van der Waals surface area contributed by atoms with Crippen molar-refractivity contribution >= 4 is 11.8 Å². The van der Waals surface area contributed by atoms with Crippen molar-refractivity contribution < 1.29 is 9.59 Å². The zero-order valence-corrected chi connectivity index (χ0v) is 16.6. The highest BCUT2D eigenvalue weighted by Crippen LogP contribution is 2.33. The first-order valence-electron chi connectivity index (χ1n) is 10.4. The Labute approximate surface area is 176 Å². The molecule has 5 rings (SSSR count). The van der Waals surface area contributed by atoms with Crippen LogP contribution in [0, 0.1) is 0 Å². The number of amides is 2. The molecule has 2 aliphatic heterocycles. The maximum Gasteiger partial charge on any atom is 0.280 e. The maximum atomic E-state index is 12.8. The van der Waals surface area contributed by atoms with Crippen molar-refractivity contribution in [2.75, 3.05) is 13.1 Å². The van der Waals surface area contributed by atoms with Crippen LogP contribution in [0.15, 0.2) is 79.0 Å². The molecule has 150 valence electrons. The zero-order valence-electron chi connectivity index (χ0n) is 16.6. The molecule has 3 aromatic rings. The molecule has 2 aliphatic rings. The van der Waals surface area contributed by atoms with Crippen LogP contribution in [0.3, 0.4) is 0 Å². The Balaban J connectivity index is 1.36. The summed E-state index contributed by atoms with van der Waals surface area (Å²) in [6, 6.07) is 24.5. The third-order valence-corrected chi connectivity index (χ3v) is 6.14. The third kappa shape index (κ3) is 3.21. The first-order chi connectivity index (χ1) is 14.7. The molecule has 2 aromatic carbocycles. The number of pyridine rings is 1. The summed E-state index contributed by atoms with van der Waals surface area (Å²) in [5.41, 5.74) is 3.23. The molecule has 0 N–H and O–H groups in total. The molecule has 1 fully saturated rings. The number of aromatic nitrogens is 1. The highest BCUT2D eigenvalue weighted by Gasteiger charge is 2.42. The van der Waals surface area contributed by atoms with E-state index in [2.05, 4.69) is 58.4 Å². The number of benzene rings is 2. The number of rotatable bonds is 4. The topological polar surface area (TPSA) is 53.5 Å². The van der Waals surface area contributed by atoms with E-state index in [0.717, 1.165) is 25.9 Å². The number of carbonyl (C=O) groups is 2. The van der Waals surface area contributed by atoms with Gasteiger partial charge in [0.15, 0.2) is 0 Å². The number of fused-ring (bicyclic) bond motifs is 1. The summed E-state index contributed by atoms with van der Waals surface area (Å²) in [5.74, 6) is -0.457. The number of piperidine rings is 1. The van der Waals surface area contributed by atoms with Crippen LogP contribution in [0.2, 0.25) is 0 Å². The molecule has 0 radical (unpaired) electrons. The Morgan fingerprint density at radius 2 is 1.37 bits per heavy atom. The van der Waals surface area contributed by atoms with Gasteiger partial charge in [-0.05, 0) is 36.1 Å². The average molecular weight is 397 g/mol. The standard InChI is InChI=1S/C25H23N3O2/c29-24-21-12-7-15-26-22(21)25(30)28(24)20-13-16-27(17-14-20)23(18-8-3-1-4-9-18)19-10-5-2-6-11-19/h1-12,15,20,23H,13-14,16-17H2. The fourth-order valence-electron chi connectivity index (χ4n) is 4.70. The lowest BCUT2D eigenvalue weighted by Gasteiger charge is -2.40. The van der Waals surface area contributed by atoms with Crippen LogP contribution < -0.4 is 0 Å². The molecular formula is C25H23N3O2. The number of likely N-dealkylation sites (tertiary alicyclic amines) is 1. The molecule has 1 aromatic heterocycles. The van der Waals surface area contributed by atoms with Crippen LogP contribution in [0.25, 0.3) is 0 Å². The Kier molecular flexibility index (Phi) is 4.89. The fraction of sp³-hybridized carbons (Fsp3) is 0.240. The van der Waals surface area contributed by atoms with Gasteiger partial charge in [-0.3, -0.25) is 24.4 Å². The van der Waals surface area contributed by atoms with Gasteiger partial charge in [-0.15, -0.1) is 0 Å². The van der Waals surface area contributed by atoms with Crippen LogP contribution in [-0.2, 0) is 0 Å². The van der Waals surface area contributed by atoms with Gasteiger partial charge in [-0.2, -0.15) is 0 Å². The van der Waals surface area contributed by atoms with E-state index >= 15 is 0 Å². The molecule has 2 amide bonds. The summed E-state index contributed by atoms with van der Waals surface area (Å²) < 4.78 is 0. The van der Waals surface area contributed by atoms with Crippen molar-refractivity contribution in [3.05, 3.63) is 101 Å². The maximum absolute atomic E-state index is 12.8. The predicted molar refractivity (Wildman–Crippen MR) is 114 cm³/mol. The first kappa shape index (κ1) is 18.7. The molecule has 5 nitrogen and oxygen atoms in total. The normalized spacial score (nSPS) is 17.6. The molecule has 3 heterocycles. The van der Waals surface area contributed by atoms with E-state index in [1.165, 1.54) is 16.0 Å². The van der Waals surface area contributed by atoms with E-state index < -0.39 is 0 Å². The second-order valence-electron chi connectivity index (χ2n) is 7.87. The molecule has 30 heavy (non-hydrogen) atoms. The molecule has 0 spiro atoms. The van der Waals surface area contributed by atoms with Crippen molar-refractivity contribution in [2.45, 2.75) is 24.9 Å². The molecule has 0 saturated carbocycles. The number of nitrogens with zero attached hydrogens (tertiary/aromatic N) is 3. The SMILES string of the molecule is O=C1c2cccnc2C(=O)N1C1CCN(C(c2ccccc2)c2ccccc2)CC1. The first-order valence-corrected chi connectivity index (χ1v) is 10.4. The van der Waals surface area contributed by atoms with Gasteiger partial charge in [0.25, 0.3) is 11.8 Å². The number of carbonyl (C=O) groups excluding carboxylic acids is 2. The van der Waals surface area contributed by atoms with E-state index in [0.29, 0.717) is 5.56 Å². The minimum atomic E-state index is -0.253. The molecule has 1 saturated heterocycles. The number of hydrogen-bond donors (Lipinski definition) is 0. The summed E-state index contributed by atoms with van der Waals surface area (Å²) in [4.78, 5) is 33.6. The van der Waals surface area contributed by atoms with Gasteiger partial charge in [0.1, 0.15) is 5.69 Å². The molecule has 0 aliphatic carbocycles. The minimum absolute atomic E-state index is 0.0809. The van der Waals surface area contributed by atoms with Gasteiger partial charge in [0, 0.05) is 25.3 Å². The average Bonchev–Trinajstić information content (AvgIpc) is 3.06. The van der Waals surface area contributed by atoms with E-state index in [1.807, 2.05) is 12.1 Å². The highest BCUT2D eigenvalue weighted by molar-refractivity contribution is 6.20. The predicted octanol–water partition coefficient (Wildman–Crippen LogP) is 3.93. The van der Waals surface area contributed by atoms with E-state index in [4.69, 9.17) is 0 Å². The Morgan fingerprint density at radius 3 is 1.93 bits per heavy atom. The van der Waals surface area contributed by atoms with Gasteiger partial charge in [0.2, 0.25) is 0 Å². The molecule has 0 bridgehead atoms. The van der Waals surface area contributed by atoms with Gasteiger partial charge in [0.05, 0.1) is 11.6 Å². The second kappa shape index (κ2) is 7.84. The van der Waals surface area contributed by atoms with Crippen LogP contribution in [0.1, 0.15) is 50.9 Å². The monoisotopic (exact) mass is 397 g/mol. The largest absolute Gasteiger partial charge is 0.292 e. The number of hydrogen-bond acceptors (Lipinski definition) is 4. The molecule has 0 atom stereocenters. The molecule has 5 heteroatoms. The van der Waals surface area contributed by atoms with Crippen molar-refractivity contribution in [3.8, 4) is 0 Å². The van der Waals surface area contributed by atoms with Crippen molar-refractivity contribution in [1.82, 2.24) is 14.8 Å². The van der Waals surface area contributed by atoms with Crippen LogP contribution in [-0.4, -0.2) is 45.7 Å². The van der Waals surface area contributed by atoms with Crippen molar-refractivity contribution in [1.29, 1.82) is 0 Å². The van der Waals surface area contributed by atoms with Crippen LogP contribution in [0.5, 0.6) is 0 Å². The quantitative estimate of drug-likeness (QED) is 0.626. The molecular weight excluding hydrogens is 374 g/mol. The highest BCUT2D eigenvalue weighted by atomic mass is 16.2. The number of imide groups is 1. The Bertz CT molecular complexity index is 986. The zero-order chi connectivity index (χ0) is 20.5. The Hall–Kier alpha value is -3.31. The van der Waals surface area contributed by atoms with Gasteiger partial charge < -0.3 is 0 Å². The summed E-state index contributed by atoms with van der Waals surface area (Å²) in [6.07, 6.45) is 3.10. The van der Waals surface area contributed by atoms with Gasteiger partial charge in [-0.1, -0.05) is 60.7 Å².